The highest BCUT2D eigenvalue weighted by atomic mass is 19.1. The summed E-state index contributed by atoms with van der Waals surface area (Å²) >= 11 is 0. The fourth-order valence-corrected chi connectivity index (χ4v) is 3.87. The number of hydrogen-bond donors (Lipinski definition) is 2. The maximum atomic E-state index is 13.1. The van der Waals surface area contributed by atoms with Crippen LogP contribution in [0.3, 0.4) is 0 Å². The Balaban J connectivity index is 1.75. The first-order valence-corrected chi connectivity index (χ1v) is 8.44. The third-order valence-electron chi connectivity index (χ3n) is 5.47. The Bertz CT molecular complexity index is 692. The van der Waals surface area contributed by atoms with Crippen LogP contribution in [0.1, 0.15) is 24.8 Å². The van der Waals surface area contributed by atoms with Crippen molar-refractivity contribution < 1.29 is 24.2 Å². The molecule has 1 saturated heterocycles. The van der Waals surface area contributed by atoms with Crippen LogP contribution in [0.5, 0.6) is 0 Å². The average Bonchev–Trinajstić information content (AvgIpc) is 3.25. The Morgan fingerprint density at radius 1 is 1.16 bits per heavy atom. The van der Waals surface area contributed by atoms with E-state index in [1.165, 1.54) is 12.1 Å². The van der Waals surface area contributed by atoms with E-state index in [2.05, 4.69) is 0 Å². The number of carboxylic acids is 1. The number of halogens is 1. The zero-order valence-corrected chi connectivity index (χ0v) is 13.9. The van der Waals surface area contributed by atoms with Crippen molar-refractivity contribution in [2.45, 2.75) is 25.7 Å². The lowest BCUT2D eigenvalue weighted by Crippen LogP contribution is -2.47. The van der Waals surface area contributed by atoms with Crippen LogP contribution >= 0.6 is 0 Å². The molecular weight excluding hydrogens is 325 g/mol. The van der Waals surface area contributed by atoms with E-state index in [0.717, 1.165) is 5.56 Å². The number of allylic oxidation sites excluding steroid dienone is 2. The van der Waals surface area contributed by atoms with Crippen LogP contribution in [-0.2, 0) is 16.0 Å². The Hall–Kier alpha value is -2.21. The molecular formula is C19H22FNO4. The minimum absolute atomic E-state index is 0.105. The molecule has 1 aliphatic carbocycles. The molecule has 1 aromatic rings. The number of aliphatic hydroxyl groups excluding tert-OH is 1. The van der Waals surface area contributed by atoms with Gasteiger partial charge in [-0.15, -0.1) is 0 Å². The predicted octanol–water partition coefficient (Wildman–Crippen LogP) is 2.00. The molecule has 134 valence electrons. The molecule has 0 bridgehead atoms. The largest absolute Gasteiger partial charge is 0.480 e. The van der Waals surface area contributed by atoms with Crippen LogP contribution in [-0.4, -0.2) is 46.7 Å². The zero-order valence-electron chi connectivity index (χ0n) is 13.9. The minimum Gasteiger partial charge on any atom is -0.480 e. The second-order valence-corrected chi connectivity index (χ2v) is 7.20. The lowest BCUT2D eigenvalue weighted by atomic mass is 9.81. The second-order valence-electron chi connectivity index (χ2n) is 7.20. The first kappa shape index (κ1) is 17.6. The van der Waals surface area contributed by atoms with E-state index < -0.39 is 16.8 Å². The van der Waals surface area contributed by atoms with Gasteiger partial charge in [-0.25, -0.2) is 4.39 Å². The van der Waals surface area contributed by atoms with Gasteiger partial charge in [-0.05, 0) is 43.4 Å². The Morgan fingerprint density at radius 2 is 1.80 bits per heavy atom. The Labute approximate surface area is 145 Å². The summed E-state index contributed by atoms with van der Waals surface area (Å²) in [6.45, 7) is 0.636. The van der Waals surface area contributed by atoms with Gasteiger partial charge in [-0.3, -0.25) is 9.59 Å². The van der Waals surface area contributed by atoms with Crippen LogP contribution in [0.15, 0.2) is 36.4 Å². The van der Waals surface area contributed by atoms with Crippen LogP contribution in [0.25, 0.3) is 0 Å². The molecule has 1 heterocycles. The molecule has 3 rings (SSSR count). The summed E-state index contributed by atoms with van der Waals surface area (Å²) in [5, 5.41) is 19.5. The highest BCUT2D eigenvalue weighted by molar-refractivity contribution is 6.02. The van der Waals surface area contributed by atoms with Gasteiger partial charge in [0.15, 0.2) is 5.41 Å². The van der Waals surface area contributed by atoms with E-state index in [9.17, 15) is 24.2 Å². The van der Waals surface area contributed by atoms with Crippen LogP contribution in [0.2, 0.25) is 0 Å². The van der Waals surface area contributed by atoms with Crippen molar-refractivity contribution in [2.24, 2.45) is 10.8 Å². The van der Waals surface area contributed by atoms with Gasteiger partial charge >= 0.3 is 5.97 Å². The van der Waals surface area contributed by atoms with Gasteiger partial charge in [-0.2, -0.15) is 0 Å². The zero-order chi connectivity index (χ0) is 18.1. The van der Waals surface area contributed by atoms with Crippen LogP contribution in [0.4, 0.5) is 4.39 Å². The molecule has 0 aromatic heterocycles. The van der Waals surface area contributed by atoms with Gasteiger partial charge in [0, 0.05) is 18.5 Å². The van der Waals surface area contributed by atoms with Crippen LogP contribution < -0.4 is 0 Å². The number of benzene rings is 1. The summed E-state index contributed by atoms with van der Waals surface area (Å²) in [7, 11) is 0. The van der Waals surface area contributed by atoms with Gasteiger partial charge in [-0.1, -0.05) is 24.3 Å². The molecule has 2 N–H and O–H groups in total. The third kappa shape index (κ3) is 3.18. The van der Waals surface area contributed by atoms with E-state index in [1.807, 2.05) is 0 Å². The maximum Gasteiger partial charge on any atom is 0.319 e. The molecule has 0 radical (unpaired) electrons. The van der Waals surface area contributed by atoms with E-state index in [4.69, 9.17) is 0 Å². The van der Waals surface area contributed by atoms with Crippen molar-refractivity contribution >= 4 is 11.9 Å². The molecule has 5 nitrogen and oxygen atoms in total. The van der Waals surface area contributed by atoms with Crippen molar-refractivity contribution in [3.8, 4) is 0 Å². The van der Waals surface area contributed by atoms with Gasteiger partial charge in [0.25, 0.3) is 0 Å². The van der Waals surface area contributed by atoms with Gasteiger partial charge in [0.05, 0.1) is 6.61 Å². The summed E-state index contributed by atoms with van der Waals surface area (Å²) in [6, 6.07) is 6.11. The number of carbonyl (C=O) groups excluding carboxylic acids is 1. The quantitative estimate of drug-likeness (QED) is 0.631. The minimum atomic E-state index is -1.40. The topological polar surface area (TPSA) is 77.8 Å². The molecule has 1 aromatic carbocycles. The summed E-state index contributed by atoms with van der Waals surface area (Å²) in [5.74, 6) is -1.79. The van der Waals surface area contributed by atoms with Crippen molar-refractivity contribution in [1.29, 1.82) is 0 Å². The standard InChI is InChI=1S/C19H22FNO4/c20-15-5-3-14(4-6-15)11-18(13-22)9-10-21(12-18)16(23)19(17(24)25)7-1-2-8-19/h1-6,22H,7-13H2,(H,24,25). The fraction of sp³-hybridized carbons (Fsp3) is 0.474. The summed E-state index contributed by atoms with van der Waals surface area (Å²) in [5.41, 5.74) is -1.03. The number of aliphatic hydroxyl groups is 1. The molecule has 0 spiro atoms. The summed E-state index contributed by atoms with van der Waals surface area (Å²) in [4.78, 5) is 26.2. The van der Waals surface area contributed by atoms with Gasteiger partial charge in [0.1, 0.15) is 5.82 Å². The molecule has 0 saturated carbocycles. The van der Waals surface area contributed by atoms with Crippen molar-refractivity contribution in [2.75, 3.05) is 19.7 Å². The number of hydrogen-bond acceptors (Lipinski definition) is 3. The number of amides is 1. The predicted molar refractivity (Wildman–Crippen MR) is 89.3 cm³/mol. The Kier molecular flexibility index (Phi) is 4.64. The smallest absolute Gasteiger partial charge is 0.319 e. The number of nitrogens with zero attached hydrogens (tertiary/aromatic N) is 1. The average molecular weight is 347 g/mol. The van der Waals surface area contributed by atoms with Gasteiger partial charge < -0.3 is 15.1 Å². The maximum absolute atomic E-state index is 13.1. The molecule has 1 unspecified atom stereocenters. The van der Waals surface area contributed by atoms with E-state index in [-0.39, 0.29) is 31.2 Å². The fourth-order valence-electron chi connectivity index (χ4n) is 3.87. The van der Waals surface area contributed by atoms with Crippen LogP contribution in [0, 0.1) is 16.6 Å². The van der Waals surface area contributed by atoms with E-state index in [0.29, 0.717) is 25.9 Å². The first-order valence-electron chi connectivity index (χ1n) is 8.44. The monoisotopic (exact) mass is 347 g/mol. The molecule has 1 amide bonds. The number of rotatable bonds is 5. The summed E-state index contributed by atoms with van der Waals surface area (Å²) < 4.78 is 13.1. The van der Waals surface area contributed by atoms with E-state index in [1.54, 1.807) is 29.2 Å². The number of carboxylic acid groups (broad SMARTS) is 1. The summed E-state index contributed by atoms with van der Waals surface area (Å²) in [6.07, 6.45) is 5.00. The number of carbonyl (C=O) groups is 2. The molecule has 6 heteroatoms. The Morgan fingerprint density at radius 3 is 2.36 bits per heavy atom. The normalized spacial score (nSPS) is 24.6. The highest BCUT2D eigenvalue weighted by Gasteiger charge is 2.51. The van der Waals surface area contributed by atoms with Gasteiger partial charge in [0.2, 0.25) is 5.91 Å². The molecule has 1 aliphatic heterocycles. The number of likely N-dealkylation sites (tertiary alicyclic amines) is 1. The SMILES string of the molecule is O=C(O)C1(C(=O)N2CCC(CO)(Cc3ccc(F)cc3)C2)CC=CC1. The molecule has 1 atom stereocenters. The molecule has 25 heavy (non-hydrogen) atoms. The first-order chi connectivity index (χ1) is 11.9. The molecule has 2 aliphatic rings. The molecule has 1 fully saturated rings. The second kappa shape index (κ2) is 6.59. The van der Waals surface area contributed by atoms with Crippen molar-refractivity contribution in [3.63, 3.8) is 0 Å². The van der Waals surface area contributed by atoms with Crippen molar-refractivity contribution in [1.82, 2.24) is 4.90 Å². The lowest BCUT2D eigenvalue weighted by molar-refractivity contribution is -0.159. The van der Waals surface area contributed by atoms with E-state index >= 15 is 0 Å². The highest BCUT2D eigenvalue weighted by Crippen LogP contribution is 2.40. The number of aliphatic carboxylic acids is 1. The van der Waals surface area contributed by atoms with Crippen molar-refractivity contribution in [3.05, 3.63) is 47.8 Å². The third-order valence-corrected chi connectivity index (χ3v) is 5.47. The lowest BCUT2D eigenvalue weighted by Gasteiger charge is -2.31.